The lowest BCUT2D eigenvalue weighted by Crippen LogP contribution is -2.49. The van der Waals surface area contributed by atoms with Crippen LogP contribution in [0.4, 0.5) is 10.6 Å². The van der Waals surface area contributed by atoms with Crippen LogP contribution in [0.2, 0.25) is 0 Å². The van der Waals surface area contributed by atoms with Crippen LogP contribution < -0.4 is 5.32 Å². The highest BCUT2D eigenvalue weighted by Gasteiger charge is 2.50. The monoisotopic (exact) mass is 510 g/mol. The zero-order valence-electron chi connectivity index (χ0n) is 20.8. The van der Waals surface area contributed by atoms with Gasteiger partial charge in [0.1, 0.15) is 18.8 Å². The summed E-state index contributed by atoms with van der Waals surface area (Å²) in [6.45, 7) is 2.03. The standard InChI is InChI=1S/C27H34N4O4S/c1-36(33,34)22-4-2-18(3-5-22)15-35-26(32)31-7-6-23-24(14-31)29-17-30-25(23)28-16-27-11-19-8-20(12-27)10-21(9-19)13-27/h2-5,17,19-21H,6-16H2,1H3,(H,28,29,30). The molecule has 1 aromatic heterocycles. The van der Waals surface area contributed by atoms with Crippen molar-refractivity contribution in [1.29, 1.82) is 0 Å². The molecule has 4 saturated carbocycles. The smallest absolute Gasteiger partial charge is 0.410 e. The van der Waals surface area contributed by atoms with Crippen molar-refractivity contribution < 1.29 is 17.9 Å². The van der Waals surface area contributed by atoms with Gasteiger partial charge in [-0.25, -0.2) is 23.2 Å². The lowest BCUT2D eigenvalue weighted by Gasteiger charge is -2.57. The molecule has 2 heterocycles. The molecule has 4 aliphatic carbocycles. The Labute approximate surface area is 212 Å². The summed E-state index contributed by atoms with van der Waals surface area (Å²) in [6.07, 6.45) is 11.5. The predicted octanol–water partition coefficient (Wildman–Crippen LogP) is 4.20. The zero-order chi connectivity index (χ0) is 24.9. The molecule has 0 atom stereocenters. The van der Waals surface area contributed by atoms with E-state index in [4.69, 9.17) is 4.74 Å². The van der Waals surface area contributed by atoms with Crippen molar-refractivity contribution >= 4 is 21.7 Å². The van der Waals surface area contributed by atoms with Crippen LogP contribution >= 0.6 is 0 Å². The molecule has 0 saturated heterocycles. The van der Waals surface area contributed by atoms with Gasteiger partial charge in [0.25, 0.3) is 0 Å². The molecule has 9 heteroatoms. The van der Waals surface area contributed by atoms with E-state index >= 15 is 0 Å². The van der Waals surface area contributed by atoms with E-state index in [0.717, 1.165) is 46.9 Å². The van der Waals surface area contributed by atoms with Gasteiger partial charge in [-0.2, -0.15) is 0 Å². The van der Waals surface area contributed by atoms with Gasteiger partial charge >= 0.3 is 6.09 Å². The first-order valence-electron chi connectivity index (χ1n) is 13.0. The molecule has 1 N–H and O–H groups in total. The lowest BCUT2D eigenvalue weighted by molar-refractivity contribution is -0.0444. The number of rotatable bonds is 6. The molecule has 4 bridgehead atoms. The summed E-state index contributed by atoms with van der Waals surface area (Å²) in [6, 6.07) is 6.41. The van der Waals surface area contributed by atoms with Gasteiger partial charge in [0.05, 0.1) is 17.1 Å². The van der Waals surface area contributed by atoms with Crippen LogP contribution in [0.25, 0.3) is 0 Å². The van der Waals surface area contributed by atoms with E-state index in [1.807, 2.05) is 0 Å². The summed E-state index contributed by atoms with van der Waals surface area (Å²) in [7, 11) is -3.25. The summed E-state index contributed by atoms with van der Waals surface area (Å²) in [5, 5.41) is 3.71. The Morgan fingerprint density at radius 1 is 1.08 bits per heavy atom. The van der Waals surface area contributed by atoms with Crippen LogP contribution in [0.15, 0.2) is 35.5 Å². The van der Waals surface area contributed by atoms with E-state index in [-0.39, 0.29) is 11.5 Å². The highest BCUT2D eigenvalue weighted by atomic mass is 32.2. The molecule has 4 fully saturated rings. The number of ether oxygens (including phenoxy) is 1. The quantitative estimate of drug-likeness (QED) is 0.621. The van der Waals surface area contributed by atoms with Crippen molar-refractivity contribution in [1.82, 2.24) is 14.9 Å². The molecule has 0 radical (unpaired) electrons. The van der Waals surface area contributed by atoms with E-state index in [0.29, 0.717) is 24.9 Å². The summed E-state index contributed by atoms with van der Waals surface area (Å²) in [5.41, 5.74) is 3.16. The van der Waals surface area contributed by atoms with Crippen LogP contribution in [0.1, 0.15) is 55.3 Å². The number of nitrogens with one attached hydrogen (secondary N) is 1. The molecule has 8 nitrogen and oxygen atoms in total. The number of nitrogens with zero attached hydrogens (tertiary/aromatic N) is 3. The average molecular weight is 511 g/mol. The second kappa shape index (κ2) is 9.01. The summed E-state index contributed by atoms with van der Waals surface area (Å²) in [4.78, 5) is 23.7. The first-order valence-corrected chi connectivity index (χ1v) is 14.9. The molecule has 1 aromatic carbocycles. The number of hydrogen-bond acceptors (Lipinski definition) is 7. The summed E-state index contributed by atoms with van der Waals surface area (Å²) < 4.78 is 28.7. The van der Waals surface area contributed by atoms with Gasteiger partial charge in [-0.15, -0.1) is 0 Å². The Kier molecular flexibility index (Phi) is 5.93. The normalized spacial score (nSPS) is 28.6. The van der Waals surface area contributed by atoms with Crippen molar-refractivity contribution in [2.45, 2.75) is 63.0 Å². The number of anilines is 1. The molecule has 1 aliphatic heterocycles. The Hall–Kier alpha value is -2.68. The van der Waals surface area contributed by atoms with Crippen LogP contribution in [0.5, 0.6) is 0 Å². The van der Waals surface area contributed by atoms with Gasteiger partial charge in [0.15, 0.2) is 9.84 Å². The highest BCUT2D eigenvalue weighted by molar-refractivity contribution is 7.90. The number of benzene rings is 1. The molecule has 2 aromatic rings. The number of amides is 1. The maximum Gasteiger partial charge on any atom is 0.410 e. The minimum Gasteiger partial charge on any atom is -0.445 e. The first kappa shape index (κ1) is 23.7. The molecule has 36 heavy (non-hydrogen) atoms. The van der Waals surface area contributed by atoms with Gasteiger partial charge in [-0.3, -0.25) is 0 Å². The molecule has 7 rings (SSSR count). The fourth-order valence-corrected chi connectivity index (χ4v) is 8.14. The highest BCUT2D eigenvalue weighted by Crippen LogP contribution is 2.59. The number of hydrogen-bond donors (Lipinski definition) is 1. The van der Waals surface area contributed by atoms with E-state index in [1.54, 1.807) is 23.4 Å². The molecule has 192 valence electrons. The molecular weight excluding hydrogens is 476 g/mol. The number of carbonyl (C=O) groups is 1. The van der Waals surface area contributed by atoms with E-state index in [2.05, 4.69) is 15.3 Å². The number of fused-ring (bicyclic) bond motifs is 1. The van der Waals surface area contributed by atoms with Gasteiger partial charge in [-0.1, -0.05) is 12.1 Å². The number of aromatic nitrogens is 2. The molecule has 0 spiro atoms. The lowest BCUT2D eigenvalue weighted by atomic mass is 9.49. The van der Waals surface area contributed by atoms with E-state index in [1.165, 1.54) is 56.9 Å². The van der Waals surface area contributed by atoms with Gasteiger partial charge in [-0.05, 0) is 85.8 Å². The van der Waals surface area contributed by atoms with Crippen LogP contribution in [0.3, 0.4) is 0 Å². The Morgan fingerprint density at radius 3 is 2.39 bits per heavy atom. The topological polar surface area (TPSA) is 101 Å². The number of sulfone groups is 1. The third-order valence-electron chi connectivity index (χ3n) is 8.77. The maximum atomic E-state index is 12.7. The van der Waals surface area contributed by atoms with Crippen LogP contribution in [-0.4, -0.2) is 48.7 Å². The van der Waals surface area contributed by atoms with Crippen molar-refractivity contribution in [3.8, 4) is 0 Å². The number of carbonyl (C=O) groups excluding carboxylic acids is 1. The minimum absolute atomic E-state index is 0.0911. The molecule has 5 aliphatic rings. The predicted molar refractivity (Wildman–Crippen MR) is 135 cm³/mol. The largest absolute Gasteiger partial charge is 0.445 e. The fraction of sp³-hybridized carbons (Fsp3) is 0.593. The third-order valence-corrected chi connectivity index (χ3v) is 9.90. The summed E-state index contributed by atoms with van der Waals surface area (Å²) >= 11 is 0. The van der Waals surface area contributed by atoms with Gasteiger partial charge < -0.3 is 15.0 Å². The van der Waals surface area contributed by atoms with Gasteiger partial charge in [0, 0.05) is 24.9 Å². The Bertz CT molecular complexity index is 1230. The Morgan fingerprint density at radius 2 is 1.75 bits per heavy atom. The third kappa shape index (κ3) is 4.69. The fourth-order valence-electron chi connectivity index (χ4n) is 7.51. The summed E-state index contributed by atoms with van der Waals surface area (Å²) in [5.74, 6) is 3.70. The van der Waals surface area contributed by atoms with Gasteiger partial charge in [0.2, 0.25) is 0 Å². The Balaban J connectivity index is 1.06. The maximum absolute atomic E-state index is 12.7. The zero-order valence-corrected chi connectivity index (χ0v) is 21.6. The second-order valence-corrected chi connectivity index (χ2v) is 13.6. The van der Waals surface area contributed by atoms with Crippen molar-refractivity contribution in [2.75, 3.05) is 24.7 Å². The van der Waals surface area contributed by atoms with Crippen molar-refractivity contribution in [3.63, 3.8) is 0 Å². The van der Waals surface area contributed by atoms with Crippen LogP contribution in [-0.2, 0) is 34.1 Å². The van der Waals surface area contributed by atoms with Crippen LogP contribution in [0, 0.1) is 23.2 Å². The van der Waals surface area contributed by atoms with Crippen molar-refractivity contribution in [3.05, 3.63) is 47.4 Å². The van der Waals surface area contributed by atoms with Crippen molar-refractivity contribution in [2.24, 2.45) is 23.2 Å². The SMILES string of the molecule is CS(=O)(=O)c1ccc(COC(=O)N2CCc3c(ncnc3NCC34CC5CC(CC(C5)C3)C4)C2)cc1. The average Bonchev–Trinajstić information content (AvgIpc) is 2.84. The van der Waals surface area contributed by atoms with E-state index in [9.17, 15) is 13.2 Å². The van der Waals surface area contributed by atoms with E-state index < -0.39 is 15.9 Å². The molecule has 0 unspecified atom stereocenters. The minimum atomic E-state index is -3.25. The molecular formula is C27H34N4O4S. The second-order valence-electron chi connectivity index (χ2n) is 11.6. The molecule has 1 amide bonds. The first-order chi connectivity index (χ1) is 17.3.